The first-order chi connectivity index (χ1) is 14.7. The average Bonchev–Trinajstić information content (AvgIpc) is 2.73. The van der Waals surface area contributed by atoms with Gasteiger partial charge in [-0.1, -0.05) is 91.0 Å². The maximum Gasteiger partial charge on any atom is 0.469 e. The van der Waals surface area contributed by atoms with Gasteiger partial charge in [-0.15, -0.1) is 0 Å². The molecule has 0 unspecified atom stereocenters. The van der Waals surface area contributed by atoms with Crippen molar-refractivity contribution in [1.82, 2.24) is 5.32 Å². The van der Waals surface area contributed by atoms with Gasteiger partial charge in [-0.25, -0.2) is 4.57 Å². The first-order valence-electron chi connectivity index (χ1n) is 10.1. The van der Waals surface area contributed by atoms with E-state index in [9.17, 15) is 4.57 Å². The summed E-state index contributed by atoms with van der Waals surface area (Å²) in [5.74, 6) is 0. The van der Waals surface area contributed by atoms with Gasteiger partial charge in [0.15, 0.2) is 0 Å². The van der Waals surface area contributed by atoms with E-state index in [0.717, 1.165) is 0 Å². The molecule has 3 aromatic rings. The van der Waals surface area contributed by atoms with Crippen LogP contribution in [-0.4, -0.2) is 28.5 Å². The van der Waals surface area contributed by atoms with E-state index in [-0.39, 0.29) is 12.1 Å². The molecule has 0 aliphatic rings. The Bertz CT molecular complexity index is 832. The molecule has 3 N–H and O–H groups in total. The number of hydrogen-bond donors (Lipinski definition) is 3. The van der Waals surface area contributed by atoms with Crippen LogP contribution in [0.4, 0.5) is 0 Å². The lowest BCUT2D eigenvalue weighted by atomic mass is 10.1. The van der Waals surface area contributed by atoms with Gasteiger partial charge in [-0.05, 0) is 44.6 Å². The minimum atomic E-state index is -4.29. The van der Waals surface area contributed by atoms with Gasteiger partial charge in [0.25, 0.3) is 0 Å². The Balaban J connectivity index is 0.000000248. The minimum Gasteiger partial charge on any atom is -0.310 e. The van der Waals surface area contributed by atoms with E-state index in [1.807, 2.05) is 20.8 Å². The predicted octanol–water partition coefficient (Wildman–Crippen LogP) is 3.93. The van der Waals surface area contributed by atoms with Crippen LogP contribution in [0.2, 0.25) is 0 Å². The third-order valence-electron chi connectivity index (χ3n) is 4.06. The second kappa shape index (κ2) is 12.3. The molecule has 7 heteroatoms. The number of phosphoric acid groups is 1. The minimum absolute atomic E-state index is 0.0154. The molecule has 0 saturated carbocycles. The van der Waals surface area contributed by atoms with E-state index in [1.165, 1.54) is 15.9 Å². The fourth-order valence-electron chi connectivity index (χ4n) is 2.77. The van der Waals surface area contributed by atoms with Crippen LogP contribution in [0, 0.1) is 0 Å². The van der Waals surface area contributed by atoms with Crippen molar-refractivity contribution in [2.24, 2.45) is 0 Å². The van der Waals surface area contributed by atoms with Crippen LogP contribution >= 0.6 is 15.7 Å². The van der Waals surface area contributed by atoms with Crippen LogP contribution in [0.15, 0.2) is 91.0 Å². The van der Waals surface area contributed by atoms with Crippen LogP contribution in [0.25, 0.3) is 0 Å². The van der Waals surface area contributed by atoms with Crippen molar-refractivity contribution >= 4 is 31.7 Å². The van der Waals surface area contributed by atoms with Gasteiger partial charge < -0.3 is 15.1 Å². The van der Waals surface area contributed by atoms with Crippen LogP contribution in [-0.2, 0) is 9.09 Å². The number of rotatable bonds is 7. The molecule has 0 fully saturated rings. The molecule has 0 spiro atoms. The molecule has 166 valence electrons. The summed E-state index contributed by atoms with van der Waals surface area (Å²) >= 11 is 0. The van der Waals surface area contributed by atoms with Gasteiger partial charge in [-0.3, -0.25) is 4.52 Å². The standard InChI is InChI=1S/C18H15P.C6H16NO4P/c1-4-10-16(11-5-1)19(17-12-6-2-7-13-17)18-14-8-3-9-15-18;1-6(2,3)7-4-5-11-12(8,9)10/h1-15H;7H,4-5H2,1-3H3,(H2,8,9,10). The van der Waals surface area contributed by atoms with Crippen molar-refractivity contribution in [3.63, 3.8) is 0 Å². The lowest BCUT2D eigenvalue weighted by molar-refractivity contribution is 0.192. The first-order valence-corrected chi connectivity index (χ1v) is 12.9. The lowest BCUT2D eigenvalue weighted by Gasteiger charge is -2.20. The highest BCUT2D eigenvalue weighted by Crippen LogP contribution is 2.35. The Kier molecular flexibility index (Phi) is 10.1. The van der Waals surface area contributed by atoms with Gasteiger partial charge in [0, 0.05) is 12.1 Å². The van der Waals surface area contributed by atoms with Gasteiger partial charge in [0.1, 0.15) is 0 Å². The van der Waals surface area contributed by atoms with E-state index in [4.69, 9.17) is 9.79 Å². The fourth-order valence-corrected chi connectivity index (χ4v) is 5.40. The third-order valence-corrected chi connectivity index (χ3v) is 7.02. The summed E-state index contributed by atoms with van der Waals surface area (Å²) in [5.41, 5.74) is -0.0573. The summed E-state index contributed by atoms with van der Waals surface area (Å²) in [4.78, 5) is 16.6. The molecule has 31 heavy (non-hydrogen) atoms. The van der Waals surface area contributed by atoms with Crippen molar-refractivity contribution < 1.29 is 18.9 Å². The second-order valence-electron chi connectivity index (χ2n) is 7.84. The Hall–Kier alpha value is -1.84. The number of phosphoric ester groups is 1. The van der Waals surface area contributed by atoms with Gasteiger partial charge in [0.05, 0.1) is 6.61 Å². The zero-order chi connectivity index (χ0) is 22.7. The topological polar surface area (TPSA) is 78.8 Å². The SMILES string of the molecule is CC(C)(C)NCCOP(=O)(O)O.c1ccc(P(c2ccccc2)c2ccccc2)cc1. The van der Waals surface area contributed by atoms with E-state index in [1.54, 1.807) is 0 Å². The molecule has 5 nitrogen and oxygen atoms in total. The summed E-state index contributed by atoms with van der Waals surface area (Å²) in [6.07, 6.45) is 0. The molecule has 0 aromatic heterocycles. The first kappa shape index (κ1) is 25.4. The fraction of sp³-hybridized carbons (Fsp3) is 0.250. The van der Waals surface area contributed by atoms with Gasteiger partial charge >= 0.3 is 7.82 Å². The molecule has 3 rings (SSSR count). The highest BCUT2D eigenvalue weighted by atomic mass is 31.2. The monoisotopic (exact) mass is 459 g/mol. The Morgan fingerprint density at radius 3 is 1.42 bits per heavy atom. The molecule has 0 atom stereocenters. The van der Waals surface area contributed by atoms with E-state index in [2.05, 4.69) is 101 Å². The zero-order valence-corrected chi connectivity index (χ0v) is 20.0. The highest BCUT2D eigenvalue weighted by Gasteiger charge is 2.15. The normalized spacial score (nSPS) is 11.7. The quantitative estimate of drug-likeness (QED) is 0.369. The average molecular weight is 459 g/mol. The third kappa shape index (κ3) is 10.3. The van der Waals surface area contributed by atoms with Gasteiger partial charge in [-0.2, -0.15) is 0 Å². The number of nitrogens with one attached hydrogen (secondary N) is 1. The summed E-state index contributed by atoms with van der Waals surface area (Å²) in [6.45, 7) is 6.33. The zero-order valence-electron chi connectivity index (χ0n) is 18.2. The maximum absolute atomic E-state index is 10.2. The molecule has 0 aliphatic carbocycles. The Labute approximate surface area is 186 Å². The lowest BCUT2D eigenvalue weighted by Crippen LogP contribution is -2.37. The molecule has 0 heterocycles. The molecule has 0 saturated heterocycles. The van der Waals surface area contributed by atoms with Crippen LogP contribution < -0.4 is 21.2 Å². The molecule has 0 radical (unpaired) electrons. The predicted molar refractivity (Wildman–Crippen MR) is 131 cm³/mol. The summed E-state index contributed by atoms with van der Waals surface area (Å²) in [5, 5.41) is 7.22. The highest BCUT2D eigenvalue weighted by molar-refractivity contribution is 7.79. The second-order valence-corrected chi connectivity index (χ2v) is 11.3. The van der Waals surface area contributed by atoms with Crippen LogP contribution in [0.3, 0.4) is 0 Å². The van der Waals surface area contributed by atoms with Crippen molar-refractivity contribution in [3.8, 4) is 0 Å². The summed E-state index contributed by atoms with van der Waals surface area (Å²) in [7, 11) is -4.73. The summed E-state index contributed by atoms with van der Waals surface area (Å²) < 4.78 is 14.4. The molecule has 0 bridgehead atoms. The number of hydrogen-bond acceptors (Lipinski definition) is 3. The van der Waals surface area contributed by atoms with E-state index >= 15 is 0 Å². The molecular formula is C24H31NO4P2. The maximum atomic E-state index is 10.2. The van der Waals surface area contributed by atoms with Crippen molar-refractivity contribution in [3.05, 3.63) is 91.0 Å². The van der Waals surface area contributed by atoms with Crippen molar-refractivity contribution in [2.45, 2.75) is 26.3 Å². The molecule has 0 aliphatic heterocycles. The molecule has 0 amide bonds. The Morgan fingerprint density at radius 2 is 1.13 bits per heavy atom. The molecular weight excluding hydrogens is 428 g/mol. The van der Waals surface area contributed by atoms with Crippen LogP contribution in [0.1, 0.15) is 20.8 Å². The van der Waals surface area contributed by atoms with E-state index < -0.39 is 15.7 Å². The smallest absolute Gasteiger partial charge is 0.310 e. The largest absolute Gasteiger partial charge is 0.469 e. The van der Waals surface area contributed by atoms with E-state index in [0.29, 0.717) is 6.54 Å². The Morgan fingerprint density at radius 1 is 0.774 bits per heavy atom. The van der Waals surface area contributed by atoms with Crippen molar-refractivity contribution in [1.29, 1.82) is 0 Å². The molecule has 3 aromatic carbocycles. The van der Waals surface area contributed by atoms with Crippen LogP contribution in [0.5, 0.6) is 0 Å². The summed E-state index contributed by atoms with van der Waals surface area (Å²) in [6, 6.07) is 32.3. The van der Waals surface area contributed by atoms with Gasteiger partial charge in [0.2, 0.25) is 0 Å². The van der Waals surface area contributed by atoms with Crippen molar-refractivity contribution in [2.75, 3.05) is 13.2 Å². The number of benzene rings is 3.